The molecule has 0 saturated heterocycles. The normalized spacial score (nSPS) is 15.3. The second-order valence-electron chi connectivity index (χ2n) is 18.6. The van der Waals surface area contributed by atoms with Crippen LogP contribution in [-0.2, 0) is 31.1 Å². The SMILES string of the molecule is CC1(C)c2ccccc2-c2c(-c3ccccc3)cc(N(c3ccccc3)c3cc4ccc3CCc3ccc(c(N(c5ccccc5)c5ccc(C6CCCCC6)cc5)c3)CC4)cc21. The fourth-order valence-electron chi connectivity index (χ4n) is 11.0. The monoisotopic (exact) mass is 816 g/mol. The maximum atomic E-state index is 2.55. The zero-order valence-electron chi connectivity index (χ0n) is 36.7. The molecule has 0 N–H and O–H groups in total. The standard InChI is InChI=1S/C61H56N2/c1-61(2)56-26-16-15-25-54(56)60-55(47-19-9-4-10-20-47)41-53(42-57(60)61)63(51-23-13-6-14-24-51)59-40-44-28-32-48-31-27-43(29-33-49(59)34-30-44)39-58(48)62(50-21-11-5-12-22-50)52-37-35-46(36-38-52)45-17-7-3-8-18-45/h4-6,9-16,19-27,30-31,34-42,45H,3,7-8,17-18,28-29,32-33H2,1-2H3. The number of benzene rings is 8. The molecule has 2 nitrogen and oxygen atoms in total. The maximum Gasteiger partial charge on any atom is 0.0496 e. The smallest absolute Gasteiger partial charge is 0.0496 e. The molecule has 8 aromatic carbocycles. The number of anilines is 6. The molecule has 6 aliphatic rings. The lowest BCUT2D eigenvalue weighted by molar-refractivity contribution is 0.443. The van der Waals surface area contributed by atoms with E-state index >= 15 is 0 Å². The third kappa shape index (κ3) is 7.36. The zero-order valence-corrected chi connectivity index (χ0v) is 36.7. The molecule has 6 aliphatic carbocycles. The molecule has 0 atom stereocenters. The molecule has 1 fully saturated rings. The zero-order chi connectivity index (χ0) is 42.3. The van der Waals surface area contributed by atoms with Crippen LogP contribution in [0.25, 0.3) is 22.3 Å². The summed E-state index contributed by atoms with van der Waals surface area (Å²) in [6, 6.07) is 71.3. The Morgan fingerprint density at radius 1 is 0.413 bits per heavy atom. The first kappa shape index (κ1) is 39.2. The van der Waals surface area contributed by atoms with E-state index in [1.807, 2.05) is 0 Å². The largest absolute Gasteiger partial charge is 0.310 e. The Balaban J connectivity index is 1.01. The molecular weight excluding hydrogens is 761 g/mol. The van der Waals surface area contributed by atoms with Gasteiger partial charge in [0.25, 0.3) is 0 Å². The van der Waals surface area contributed by atoms with Crippen molar-refractivity contribution in [3.63, 3.8) is 0 Å². The molecule has 0 aromatic heterocycles. The van der Waals surface area contributed by atoms with E-state index in [1.54, 1.807) is 0 Å². The number of nitrogens with zero attached hydrogens (tertiary/aromatic N) is 2. The van der Waals surface area contributed by atoms with Crippen LogP contribution >= 0.6 is 0 Å². The van der Waals surface area contributed by atoms with Crippen LogP contribution in [0.3, 0.4) is 0 Å². The Bertz CT molecular complexity index is 2890. The molecule has 0 aliphatic heterocycles. The van der Waals surface area contributed by atoms with E-state index in [0.717, 1.165) is 25.7 Å². The molecule has 0 heterocycles. The molecular formula is C61H56N2. The highest BCUT2D eigenvalue weighted by Crippen LogP contribution is 2.55. The lowest BCUT2D eigenvalue weighted by Crippen LogP contribution is -2.18. The Morgan fingerprint density at radius 3 is 1.54 bits per heavy atom. The van der Waals surface area contributed by atoms with Crippen LogP contribution < -0.4 is 9.80 Å². The molecule has 8 aromatic rings. The van der Waals surface area contributed by atoms with Crippen LogP contribution in [-0.4, -0.2) is 0 Å². The average Bonchev–Trinajstić information content (AvgIpc) is 3.57. The summed E-state index contributed by atoms with van der Waals surface area (Å²) < 4.78 is 0. The summed E-state index contributed by atoms with van der Waals surface area (Å²) in [5, 5.41) is 0. The van der Waals surface area contributed by atoms with Crippen molar-refractivity contribution < 1.29 is 0 Å². The molecule has 2 heteroatoms. The number of hydrogen-bond acceptors (Lipinski definition) is 2. The van der Waals surface area contributed by atoms with Gasteiger partial charge in [-0.3, -0.25) is 0 Å². The van der Waals surface area contributed by atoms with Crippen molar-refractivity contribution >= 4 is 34.1 Å². The van der Waals surface area contributed by atoms with Crippen LogP contribution in [0.1, 0.15) is 90.8 Å². The van der Waals surface area contributed by atoms with E-state index in [4.69, 9.17) is 0 Å². The summed E-state index contributed by atoms with van der Waals surface area (Å²) in [5.41, 5.74) is 22.2. The van der Waals surface area contributed by atoms with Crippen molar-refractivity contribution in [2.45, 2.75) is 83.0 Å². The highest BCUT2D eigenvalue weighted by atomic mass is 15.2. The third-order valence-corrected chi connectivity index (χ3v) is 14.4. The Labute approximate surface area is 374 Å². The summed E-state index contributed by atoms with van der Waals surface area (Å²) in [5.74, 6) is 0.689. The molecule has 0 radical (unpaired) electrons. The summed E-state index contributed by atoms with van der Waals surface area (Å²) >= 11 is 0. The van der Waals surface area contributed by atoms with Gasteiger partial charge in [-0.25, -0.2) is 0 Å². The molecule has 310 valence electrons. The van der Waals surface area contributed by atoms with Gasteiger partial charge in [-0.1, -0.05) is 161 Å². The van der Waals surface area contributed by atoms with Crippen molar-refractivity contribution in [3.8, 4) is 22.3 Å². The third-order valence-electron chi connectivity index (χ3n) is 14.4. The maximum absolute atomic E-state index is 2.55. The van der Waals surface area contributed by atoms with Gasteiger partial charge in [-0.2, -0.15) is 0 Å². The van der Waals surface area contributed by atoms with Gasteiger partial charge in [0.15, 0.2) is 0 Å². The van der Waals surface area contributed by atoms with Crippen LogP contribution in [0.15, 0.2) is 188 Å². The van der Waals surface area contributed by atoms with Crippen molar-refractivity contribution in [3.05, 3.63) is 227 Å². The molecule has 0 amide bonds. The molecule has 0 spiro atoms. The number of fused-ring (bicyclic) bond motifs is 3. The Hall–Kier alpha value is -6.64. The number of rotatable bonds is 8. The summed E-state index contributed by atoms with van der Waals surface area (Å²) in [4.78, 5) is 5.06. The minimum absolute atomic E-state index is 0.149. The summed E-state index contributed by atoms with van der Waals surface area (Å²) in [6.45, 7) is 4.80. The molecule has 4 bridgehead atoms. The Morgan fingerprint density at radius 2 is 0.937 bits per heavy atom. The molecule has 63 heavy (non-hydrogen) atoms. The predicted molar refractivity (Wildman–Crippen MR) is 266 cm³/mol. The fourth-order valence-corrected chi connectivity index (χ4v) is 11.0. The van der Waals surface area contributed by atoms with E-state index in [1.165, 1.54) is 127 Å². The summed E-state index contributed by atoms with van der Waals surface area (Å²) in [6.07, 6.45) is 10.4. The quantitative estimate of drug-likeness (QED) is 0.151. The first-order valence-corrected chi connectivity index (χ1v) is 23.4. The van der Waals surface area contributed by atoms with Crippen molar-refractivity contribution in [2.24, 2.45) is 0 Å². The fraction of sp³-hybridized carbons (Fsp3) is 0.213. The molecule has 0 unspecified atom stereocenters. The van der Waals surface area contributed by atoms with Crippen LogP contribution in [0.2, 0.25) is 0 Å². The van der Waals surface area contributed by atoms with Gasteiger partial charge < -0.3 is 9.80 Å². The molecule has 1 saturated carbocycles. The van der Waals surface area contributed by atoms with E-state index in [0.29, 0.717) is 5.92 Å². The average molecular weight is 817 g/mol. The first-order chi connectivity index (χ1) is 31.0. The minimum atomic E-state index is -0.149. The van der Waals surface area contributed by atoms with Crippen molar-refractivity contribution in [2.75, 3.05) is 9.80 Å². The number of para-hydroxylation sites is 2. The van der Waals surface area contributed by atoms with Crippen molar-refractivity contribution in [1.29, 1.82) is 0 Å². The van der Waals surface area contributed by atoms with E-state index < -0.39 is 0 Å². The number of hydrogen-bond donors (Lipinski definition) is 0. The highest BCUT2D eigenvalue weighted by Gasteiger charge is 2.38. The van der Waals surface area contributed by atoms with Crippen molar-refractivity contribution in [1.82, 2.24) is 0 Å². The van der Waals surface area contributed by atoms with E-state index in [9.17, 15) is 0 Å². The van der Waals surface area contributed by atoms with Gasteiger partial charge in [0.1, 0.15) is 0 Å². The van der Waals surface area contributed by atoms with Gasteiger partial charge in [-0.15, -0.1) is 0 Å². The van der Waals surface area contributed by atoms with Gasteiger partial charge in [0, 0.05) is 39.5 Å². The van der Waals surface area contributed by atoms with Crippen LogP contribution in [0.4, 0.5) is 34.1 Å². The second kappa shape index (κ2) is 16.6. The number of aryl methyl sites for hydroxylation is 4. The van der Waals surface area contributed by atoms with Crippen LogP contribution in [0, 0.1) is 0 Å². The second-order valence-corrected chi connectivity index (χ2v) is 18.6. The topological polar surface area (TPSA) is 6.48 Å². The first-order valence-electron chi connectivity index (χ1n) is 23.4. The molecule has 14 rings (SSSR count). The van der Waals surface area contributed by atoms with Gasteiger partial charge in [0.05, 0.1) is 0 Å². The lowest BCUT2D eigenvalue weighted by atomic mass is 9.81. The summed E-state index contributed by atoms with van der Waals surface area (Å²) in [7, 11) is 0. The van der Waals surface area contributed by atoms with Gasteiger partial charge in [0.2, 0.25) is 0 Å². The minimum Gasteiger partial charge on any atom is -0.310 e. The highest BCUT2D eigenvalue weighted by molar-refractivity contribution is 5.96. The van der Waals surface area contributed by atoms with Gasteiger partial charge in [-0.05, 0) is 166 Å². The lowest BCUT2D eigenvalue weighted by Gasteiger charge is -2.32. The predicted octanol–water partition coefficient (Wildman–Crippen LogP) is 16.5. The van der Waals surface area contributed by atoms with E-state index in [-0.39, 0.29) is 5.41 Å². The van der Waals surface area contributed by atoms with Crippen LogP contribution in [0.5, 0.6) is 0 Å². The van der Waals surface area contributed by atoms with E-state index in [2.05, 4.69) is 212 Å². The Kier molecular flexibility index (Phi) is 10.3. The van der Waals surface area contributed by atoms with Gasteiger partial charge >= 0.3 is 0 Å².